The third kappa shape index (κ3) is 3.00. The summed E-state index contributed by atoms with van der Waals surface area (Å²) in [6.07, 6.45) is 0. The van der Waals surface area contributed by atoms with Gasteiger partial charge in [0.1, 0.15) is 5.03 Å². The summed E-state index contributed by atoms with van der Waals surface area (Å²) in [6, 6.07) is 9.81. The second-order valence-corrected chi connectivity index (χ2v) is 4.29. The quantitative estimate of drug-likeness (QED) is 0.611. The van der Waals surface area contributed by atoms with Crippen LogP contribution in [0.15, 0.2) is 41.4 Å². The Morgan fingerprint density at radius 2 is 1.71 bits per heavy atom. The number of aromatic nitrogens is 1. The summed E-state index contributed by atoms with van der Waals surface area (Å²) in [4.78, 5) is 3.23. The van der Waals surface area contributed by atoms with Crippen LogP contribution in [0.4, 0.5) is 13.2 Å². The summed E-state index contributed by atoms with van der Waals surface area (Å²) in [6.45, 7) is 0. The van der Waals surface area contributed by atoms with Crippen LogP contribution in [0.1, 0.15) is 5.56 Å². The molecule has 0 N–H and O–H groups in total. The first-order chi connectivity index (χ1) is 8.16. The molecule has 0 aliphatic heterocycles. The molecule has 2 rings (SSSR count). The van der Waals surface area contributed by atoms with E-state index in [0.717, 1.165) is 17.3 Å². The average Bonchev–Trinajstić information content (AvgIpc) is 2.33. The first-order valence-corrected chi connectivity index (χ1v) is 5.83. The molecule has 0 bridgehead atoms. The van der Waals surface area contributed by atoms with E-state index < -0.39 is 17.6 Å². The molecule has 0 aliphatic rings. The molecule has 0 spiro atoms. The first kappa shape index (κ1) is 12.0. The lowest BCUT2D eigenvalue weighted by molar-refractivity contribution is 0.448. The molecule has 88 valence electrons. The predicted molar refractivity (Wildman–Crippen MR) is 60.1 cm³/mol. The molecule has 1 heterocycles. The smallest absolute Gasteiger partial charge is 0.208 e. The van der Waals surface area contributed by atoms with Crippen molar-refractivity contribution < 1.29 is 13.2 Å². The van der Waals surface area contributed by atoms with Crippen LogP contribution in [0.25, 0.3) is 0 Å². The maximum atomic E-state index is 13.2. The molecule has 0 saturated heterocycles. The summed E-state index contributed by atoms with van der Waals surface area (Å²) < 4.78 is 38.7. The molecular weight excluding hydrogens is 247 g/mol. The van der Waals surface area contributed by atoms with Crippen LogP contribution < -0.4 is 0 Å². The molecule has 0 atom stereocenters. The van der Waals surface area contributed by atoms with Crippen molar-refractivity contribution >= 4 is 11.8 Å². The highest BCUT2D eigenvalue weighted by Gasteiger charge is 2.11. The number of thioether (sulfide) groups is 1. The third-order valence-corrected chi connectivity index (χ3v) is 3.11. The predicted octanol–water partition coefficient (Wildman–Crippen LogP) is 3.79. The number of rotatable bonds is 3. The average molecular weight is 255 g/mol. The van der Waals surface area contributed by atoms with Gasteiger partial charge in [-0.05, 0) is 5.56 Å². The van der Waals surface area contributed by atoms with Crippen LogP contribution in [0.3, 0.4) is 0 Å². The van der Waals surface area contributed by atoms with Gasteiger partial charge < -0.3 is 0 Å². The van der Waals surface area contributed by atoms with Gasteiger partial charge in [0.15, 0.2) is 11.6 Å². The SMILES string of the molecule is Fc1cc(F)c(SCc2ccccc2)nc1F. The topological polar surface area (TPSA) is 12.9 Å². The van der Waals surface area contributed by atoms with E-state index in [2.05, 4.69) is 4.98 Å². The molecule has 0 aliphatic carbocycles. The van der Waals surface area contributed by atoms with E-state index in [9.17, 15) is 13.2 Å². The highest BCUT2D eigenvalue weighted by molar-refractivity contribution is 7.98. The number of halogens is 3. The minimum absolute atomic E-state index is 0.132. The molecule has 0 fully saturated rings. The summed E-state index contributed by atoms with van der Waals surface area (Å²) in [7, 11) is 0. The van der Waals surface area contributed by atoms with Gasteiger partial charge in [-0.2, -0.15) is 4.39 Å². The summed E-state index contributed by atoms with van der Waals surface area (Å²) in [5, 5.41) is -0.132. The van der Waals surface area contributed by atoms with Crippen molar-refractivity contribution in [3.8, 4) is 0 Å². The molecule has 17 heavy (non-hydrogen) atoms. The van der Waals surface area contributed by atoms with Crippen molar-refractivity contribution in [2.24, 2.45) is 0 Å². The van der Waals surface area contributed by atoms with Gasteiger partial charge in [0.25, 0.3) is 0 Å². The minimum atomic E-state index is -1.28. The van der Waals surface area contributed by atoms with Crippen LogP contribution in [0, 0.1) is 17.6 Å². The number of pyridine rings is 1. The van der Waals surface area contributed by atoms with Gasteiger partial charge in [-0.1, -0.05) is 42.1 Å². The molecule has 1 aromatic heterocycles. The zero-order chi connectivity index (χ0) is 12.3. The van der Waals surface area contributed by atoms with Crippen molar-refractivity contribution in [3.05, 3.63) is 59.5 Å². The van der Waals surface area contributed by atoms with Gasteiger partial charge in [0, 0.05) is 11.8 Å². The van der Waals surface area contributed by atoms with E-state index >= 15 is 0 Å². The zero-order valence-electron chi connectivity index (χ0n) is 8.66. The Labute approximate surface area is 101 Å². The van der Waals surface area contributed by atoms with Crippen LogP contribution in [-0.2, 0) is 5.75 Å². The Bertz CT molecular complexity index is 517. The molecular formula is C12H8F3NS. The Kier molecular flexibility index (Phi) is 3.68. The molecule has 2 aromatic rings. The zero-order valence-corrected chi connectivity index (χ0v) is 9.48. The van der Waals surface area contributed by atoms with Crippen LogP contribution in [0.5, 0.6) is 0 Å². The molecule has 5 heteroatoms. The summed E-state index contributed by atoms with van der Waals surface area (Å²) in [5.74, 6) is -2.94. The first-order valence-electron chi connectivity index (χ1n) is 4.85. The van der Waals surface area contributed by atoms with Gasteiger partial charge in [0.05, 0.1) is 0 Å². The van der Waals surface area contributed by atoms with Gasteiger partial charge >= 0.3 is 0 Å². The van der Waals surface area contributed by atoms with E-state index in [0.29, 0.717) is 11.8 Å². The molecule has 1 aromatic carbocycles. The van der Waals surface area contributed by atoms with E-state index in [4.69, 9.17) is 0 Å². The lowest BCUT2D eigenvalue weighted by Crippen LogP contribution is -1.96. The molecule has 0 saturated carbocycles. The van der Waals surface area contributed by atoms with Crippen molar-refractivity contribution in [1.29, 1.82) is 0 Å². The standard InChI is InChI=1S/C12H8F3NS/c13-9-6-10(14)12(16-11(9)15)17-7-8-4-2-1-3-5-8/h1-6H,7H2. The lowest BCUT2D eigenvalue weighted by atomic mass is 10.2. The van der Waals surface area contributed by atoms with Gasteiger partial charge in [0.2, 0.25) is 5.95 Å². The third-order valence-electron chi connectivity index (χ3n) is 2.07. The van der Waals surface area contributed by atoms with Gasteiger partial charge in [-0.3, -0.25) is 0 Å². The van der Waals surface area contributed by atoms with Crippen molar-refractivity contribution in [2.45, 2.75) is 10.8 Å². The van der Waals surface area contributed by atoms with Crippen LogP contribution in [-0.4, -0.2) is 4.98 Å². The normalized spacial score (nSPS) is 10.5. The molecule has 0 unspecified atom stereocenters. The highest BCUT2D eigenvalue weighted by Crippen LogP contribution is 2.24. The fourth-order valence-electron chi connectivity index (χ4n) is 1.26. The van der Waals surface area contributed by atoms with Crippen LogP contribution >= 0.6 is 11.8 Å². The maximum absolute atomic E-state index is 13.2. The Hall–Kier alpha value is -1.49. The Balaban J connectivity index is 2.12. The second kappa shape index (κ2) is 5.23. The second-order valence-electron chi connectivity index (χ2n) is 3.32. The Morgan fingerprint density at radius 3 is 2.41 bits per heavy atom. The van der Waals surface area contributed by atoms with Crippen molar-refractivity contribution in [3.63, 3.8) is 0 Å². The fourth-order valence-corrected chi connectivity index (χ4v) is 2.09. The molecule has 0 amide bonds. The van der Waals surface area contributed by atoms with E-state index in [1.165, 1.54) is 0 Å². The molecule has 0 radical (unpaired) electrons. The maximum Gasteiger partial charge on any atom is 0.250 e. The number of hydrogen-bond acceptors (Lipinski definition) is 2. The van der Waals surface area contributed by atoms with E-state index in [1.54, 1.807) is 0 Å². The summed E-state index contributed by atoms with van der Waals surface area (Å²) >= 11 is 1.03. The Morgan fingerprint density at radius 1 is 1.00 bits per heavy atom. The number of hydrogen-bond donors (Lipinski definition) is 0. The largest absolute Gasteiger partial charge is 0.250 e. The molecule has 1 nitrogen and oxygen atoms in total. The van der Waals surface area contributed by atoms with Gasteiger partial charge in [-0.25, -0.2) is 13.8 Å². The monoisotopic (exact) mass is 255 g/mol. The lowest BCUT2D eigenvalue weighted by Gasteiger charge is -2.03. The van der Waals surface area contributed by atoms with E-state index in [1.807, 2.05) is 30.3 Å². The van der Waals surface area contributed by atoms with E-state index in [-0.39, 0.29) is 5.03 Å². The van der Waals surface area contributed by atoms with Crippen molar-refractivity contribution in [1.82, 2.24) is 4.98 Å². The van der Waals surface area contributed by atoms with Crippen LogP contribution in [0.2, 0.25) is 0 Å². The minimum Gasteiger partial charge on any atom is -0.208 e. The van der Waals surface area contributed by atoms with Gasteiger partial charge in [-0.15, -0.1) is 0 Å². The highest BCUT2D eigenvalue weighted by atomic mass is 32.2. The van der Waals surface area contributed by atoms with Crippen molar-refractivity contribution in [2.75, 3.05) is 0 Å². The number of benzene rings is 1. The fraction of sp³-hybridized carbons (Fsp3) is 0.0833. The summed E-state index contributed by atoms with van der Waals surface area (Å²) in [5.41, 5.74) is 0.962. The number of nitrogens with zero attached hydrogens (tertiary/aromatic N) is 1.